The number of likely N-dealkylation sites (N-methyl/N-ethyl adjacent to an activating group) is 1. The Morgan fingerprint density at radius 3 is 1.72 bits per heavy atom. The maximum Gasteiger partial charge on any atom is 0.306 e. The number of ether oxygens (including phenoxy) is 2. The van der Waals surface area contributed by atoms with Gasteiger partial charge in [-0.15, -0.1) is 0 Å². The van der Waals surface area contributed by atoms with Crippen molar-refractivity contribution in [3.8, 4) is 0 Å². The van der Waals surface area contributed by atoms with Gasteiger partial charge in [0.2, 0.25) is 0 Å². The largest absolute Gasteiger partial charge is 0.756 e. The molecule has 0 aliphatic carbocycles. The third kappa shape index (κ3) is 37.2. The SMILES string of the molecule is CC/C=C\C/C=C\C/C=C\C/C=C\C/C=C\C/C=C\CCCCCOCC(COP(=O)([O-])OCC[N+](C)(C)C)OC(=O)CCCCCCCC. The van der Waals surface area contributed by atoms with Gasteiger partial charge in [0.25, 0.3) is 7.82 Å². The molecule has 0 heterocycles. The molecule has 0 aliphatic heterocycles. The number of phosphoric acid groups is 1. The van der Waals surface area contributed by atoms with Crippen LogP contribution in [0, 0.1) is 0 Å². The maximum absolute atomic E-state index is 12.5. The Kier molecular flexibility index (Phi) is 32.6. The molecule has 0 bridgehead atoms. The highest BCUT2D eigenvalue weighted by atomic mass is 31.2. The maximum atomic E-state index is 12.5. The summed E-state index contributed by atoms with van der Waals surface area (Å²) < 4.78 is 34.2. The molecule has 0 N–H and O–H groups in total. The first-order chi connectivity index (χ1) is 24.1. The Morgan fingerprint density at radius 2 is 1.16 bits per heavy atom. The van der Waals surface area contributed by atoms with Gasteiger partial charge in [0.1, 0.15) is 19.3 Å². The van der Waals surface area contributed by atoms with Crippen molar-refractivity contribution in [2.24, 2.45) is 0 Å². The normalized spacial score (nSPS) is 14.8. The predicted molar refractivity (Wildman–Crippen MR) is 208 cm³/mol. The molecule has 0 aliphatic rings. The molecule has 0 spiro atoms. The minimum absolute atomic E-state index is 0.0157. The molecule has 288 valence electrons. The summed E-state index contributed by atoms with van der Waals surface area (Å²) >= 11 is 0. The zero-order chi connectivity index (χ0) is 37.0. The molecule has 0 saturated carbocycles. The summed E-state index contributed by atoms with van der Waals surface area (Å²) in [6.45, 7) is 5.11. The van der Waals surface area contributed by atoms with Crippen LogP contribution in [0.4, 0.5) is 0 Å². The number of nitrogens with zero attached hydrogens (tertiary/aromatic N) is 1. The molecule has 0 saturated heterocycles. The molecule has 2 atom stereocenters. The van der Waals surface area contributed by atoms with Crippen LogP contribution in [0.15, 0.2) is 72.9 Å². The number of hydrogen-bond acceptors (Lipinski definition) is 7. The molecule has 9 heteroatoms. The number of esters is 1. The van der Waals surface area contributed by atoms with Crippen LogP contribution in [0.25, 0.3) is 0 Å². The summed E-state index contributed by atoms with van der Waals surface area (Å²) in [6, 6.07) is 0. The lowest BCUT2D eigenvalue weighted by Crippen LogP contribution is -2.37. The summed E-state index contributed by atoms with van der Waals surface area (Å²) in [5, 5.41) is 0. The van der Waals surface area contributed by atoms with Crippen molar-refractivity contribution in [1.82, 2.24) is 0 Å². The fourth-order valence-electron chi connectivity index (χ4n) is 4.55. The van der Waals surface area contributed by atoms with Gasteiger partial charge in [-0.1, -0.05) is 125 Å². The summed E-state index contributed by atoms with van der Waals surface area (Å²) in [6.07, 6.45) is 42.3. The van der Waals surface area contributed by atoms with Gasteiger partial charge in [-0.2, -0.15) is 0 Å². The number of allylic oxidation sites excluding steroid dienone is 12. The Morgan fingerprint density at radius 1 is 0.640 bits per heavy atom. The molecule has 0 rings (SSSR count). The first-order valence-corrected chi connectivity index (χ1v) is 20.6. The lowest BCUT2D eigenvalue weighted by Gasteiger charge is -2.28. The summed E-state index contributed by atoms with van der Waals surface area (Å²) in [7, 11) is 1.32. The van der Waals surface area contributed by atoms with Crippen molar-refractivity contribution < 1.29 is 37.3 Å². The highest BCUT2D eigenvalue weighted by molar-refractivity contribution is 7.45. The number of carbonyl (C=O) groups excluding carboxylic acids is 1. The average Bonchev–Trinajstić information content (AvgIpc) is 3.06. The summed E-state index contributed by atoms with van der Waals surface area (Å²) in [5.41, 5.74) is 0. The van der Waals surface area contributed by atoms with Crippen molar-refractivity contribution in [2.45, 2.75) is 129 Å². The second-order valence-corrected chi connectivity index (χ2v) is 15.0. The third-order valence-corrected chi connectivity index (χ3v) is 8.49. The molecule has 8 nitrogen and oxygen atoms in total. The van der Waals surface area contributed by atoms with E-state index in [0.29, 0.717) is 24.1 Å². The van der Waals surface area contributed by atoms with E-state index in [1.165, 1.54) is 19.3 Å². The van der Waals surface area contributed by atoms with E-state index in [1.807, 2.05) is 21.1 Å². The van der Waals surface area contributed by atoms with Crippen molar-refractivity contribution >= 4 is 13.8 Å². The van der Waals surface area contributed by atoms with Crippen LogP contribution in [0.2, 0.25) is 0 Å². The van der Waals surface area contributed by atoms with Crippen LogP contribution in [-0.4, -0.2) is 70.7 Å². The number of rotatable bonds is 34. The van der Waals surface area contributed by atoms with E-state index < -0.39 is 13.9 Å². The predicted octanol–water partition coefficient (Wildman–Crippen LogP) is 10.1. The van der Waals surface area contributed by atoms with Crippen LogP contribution in [0.1, 0.15) is 123 Å². The second-order valence-electron chi connectivity index (χ2n) is 13.6. The van der Waals surface area contributed by atoms with Gasteiger partial charge in [0, 0.05) is 13.0 Å². The third-order valence-electron chi connectivity index (χ3n) is 7.52. The van der Waals surface area contributed by atoms with Gasteiger partial charge < -0.3 is 27.9 Å². The van der Waals surface area contributed by atoms with Gasteiger partial charge >= 0.3 is 5.97 Å². The topological polar surface area (TPSA) is 94.1 Å². The Labute approximate surface area is 306 Å². The minimum atomic E-state index is -4.52. The van der Waals surface area contributed by atoms with Crippen molar-refractivity contribution in [3.63, 3.8) is 0 Å². The number of carbonyl (C=O) groups is 1. The van der Waals surface area contributed by atoms with Gasteiger partial charge in [-0.05, 0) is 64.2 Å². The highest BCUT2D eigenvalue weighted by Crippen LogP contribution is 2.38. The number of unbranched alkanes of at least 4 members (excludes halogenated alkanes) is 8. The summed E-state index contributed by atoms with van der Waals surface area (Å²) in [5.74, 6) is -0.360. The molecule has 0 aromatic heterocycles. The minimum Gasteiger partial charge on any atom is -0.756 e. The highest BCUT2D eigenvalue weighted by Gasteiger charge is 2.20. The van der Waals surface area contributed by atoms with Crippen molar-refractivity contribution in [2.75, 3.05) is 54.1 Å². The summed E-state index contributed by atoms with van der Waals surface area (Å²) in [4.78, 5) is 24.7. The van der Waals surface area contributed by atoms with Crippen LogP contribution < -0.4 is 4.89 Å². The lowest BCUT2D eigenvalue weighted by molar-refractivity contribution is -0.870. The number of phosphoric ester groups is 1. The van der Waals surface area contributed by atoms with Crippen LogP contribution in [0.3, 0.4) is 0 Å². The lowest BCUT2D eigenvalue weighted by atomic mass is 10.1. The van der Waals surface area contributed by atoms with Crippen LogP contribution in [-0.2, 0) is 27.9 Å². The average molecular weight is 722 g/mol. The van der Waals surface area contributed by atoms with E-state index in [9.17, 15) is 14.3 Å². The van der Waals surface area contributed by atoms with Crippen LogP contribution in [0.5, 0.6) is 0 Å². The van der Waals surface area contributed by atoms with Crippen molar-refractivity contribution in [3.05, 3.63) is 72.9 Å². The second kappa shape index (κ2) is 34.0. The molecule has 0 aromatic rings. The Bertz CT molecular complexity index is 1030. The molecule has 0 amide bonds. The van der Waals surface area contributed by atoms with Gasteiger partial charge in [-0.25, -0.2) is 0 Å². The molecule has 0 aromatic carbocycles. The smallest absolute Gasteiger partial charge is 0.306 e. The van der Waals surface area contributed by atoms with Crippen LogP contribution >= 0.6 is 7.82 Å². The van der Waals surface area contributed by atoms with E-state index in [1.54, 1.807) is 0 Å². The molecular formula is C41H72NO7P. The van der Waals surface area contributed by atoms with Gasteiger partial charge in [0.15, 0.2) is 0 Å². The Balaban J connectivity index is 4.23. The van der Waals surface area contributed by atoms with Gasteiger partial charge in [-0.3, -0.25) is 9.36 Å². The Hall–Kier alpha value is -2.06. The van der Waals surface area contributed by atoms with Gasteiger partial charge in [0.05, 0.1) is 34.4 Å². The first kappa shape index (κ1) is 47.9. The monoisotopic (exact) mass is 722 g/mol. The molecule has 50 heavy (non-hydrogen) atoms. The zero-order valence-electron chi connectivity index (χ0n) is 32.3. The fourth-order valence-corrected chi connectivity index (χ4v) is 5.27. The van der Waals surface area contributed by atoms with E-state index in [4.69, 9.17) is 18.5 Å². The zero-order valence-corrected chi connectivity index (χ0v) is 33.2. The molecule has 2 unspecified atom stereocenters. The van der Waals surface area contributed by atoms with E-state index in [2.05, 4.69) is 86.8 Å². The van der Waals surface area contributed by atoms with E-state index >= 15 is 0 Å². The number of quaternary nitrogens is 1. The fraction of sp³-hybridized carbons (Fsp3) is 0.683. The molecule has 0 fully saturated rings. The first-order valence-electron chi connectivity index (χ1n) is 19.2. The number of hydrogen-bond donors (Lipinski definition) is 0. The van der Waals surface area contributed by atoms with E-state index in [0.717, 1.165) is 83.5 Å². The quantitative estimate of drug-likeness (QED) is 0.0215. The van der Waals surface area contributed by atoms with Crippen molar-refractivity contribution in [1.29, 1.82) is 0 Å². The molecule has 0 radical (unpaired) electrons. The standard InChI is InChI=1S/C41H72NO7P/c1-6-8-10-12-14-15-16-17-18-19-20-21-22-23-24-25-26-27-28-29-31-33-36-46-38-40(49-41(43)34-32-30-13-11-9-7-2)39-48-50(44,45)47-37-35-42(3,4)5/h8,10,14-15,17-18,20-21,23-24,26-27,40H,6-7,9,11-13,16,19,22,25,28-39H2,1-5H3/b10-8-,15-14-,18-17-,21-20-,24-23-,27-26-. The molecular weight excluding hydrogens is 649 g/mol. The van der Waals surface area contributed by atoms with E-state index in [-0.39, 0.29) is 25.8 Å².